The fourth-order valence-electron chi connectivity index (χ4n) is 3.96. The second-order valence-electron chi connectivity index (χ2n) is 6.99. The van der Waals surface area contributed by atoms with Gasteiger partial charge in [-0.2, -0.15) is 0 Å². The maximum absolute atomic E-state index is 11.8. The predicted molar refractivity (Wildman–Crippen MR) is 103 cm³/mol. The van der Waals surface area contributed by atoms with E-state index in [2.05, 4.69) is 46.3 Å². The molecule has 26 heavy (non-hydrogen) atoms. The number of H-pyrrole nitrogens is 1. The van der Waals surface area contributed by atoms with Crippen molar-refractivity contribution >= 4 is 16.9 Å². The Morgan fingerprint density at radius 1 is 1.15 bits per heavy atom. The summed E-state index contributed by atoms with van der Waals surface area (Å²) in [7, 11) is 1.42. The summed E-state index contributed by atoms with van der Waals surface area (Å²) in [6.07, 6.45) is 3.62. The van der Waals surface area contributed by atoms with E-state index in [-0.39, 0.29) is 5.97 Å². The first-order valence-corrected chi connectivity index (χ1v) is 9.23. The van der Waals surface area contributed by atoms with E-state index in [1.54, 1.807) is 6.07 Å². The van der Waals surface area contributed by atoms with E-state index >= 15 is 0 Å². The minimum Gasteiger partial charge on any atom is -0.465 e. The Morgan fingerprint density at radius 3 is 2.88 bits per heavy atom. The lowest BCUT2D eigenvalue weighted by atomic mass is 9.98. The molecule has 0 amide bonds. The molecule has 2 aromatic carbocycles. The van der Waals surface area contributed by atoms with Crippen LogP contribution in [0, 0.1) is 0 Å². The Hall–Kier alpha value is -2.59. The maximum Gasteiger partial charge on any atom is 0.337 e. The Bertz CT molecular complexity index is 882. The Morgan fingerprint density at radius 2 is 2.04 bits per heavy atom. The second-order valence-corrected chi connectivity index (χ2v) is 6.99. The number of para-hydroxylation sites is 1. The summed E-state index contributed by atoms with van der Waals surface area (Å²) >= 11 is 0. The van der Waals surface area contributed by atoms with Gasteiger partial charge in [0.05, 0.1) is 18.7 Å². The molecule has 1 unspecified atom stereocenters. The lowest BCUT2D eigenvalue weighted by molar-refractivity contribution is 0.0600. The Balaban J connectivity index is 1.59. The van der Waals surface area contributed by atoms with E-state index in [9.17, 15) is 4.79 Å². The minimum atomic E-state index is -0.280. The zero-order chi connectivity index (χ0) is 17.9. The summed E-state index contributed by atoms with van der Waals surface area (Å²) < 4.78 is 4.85. The van der Waals surface area contributed by atoms with Gasteiger partial charge in [0.25, 0.3) is 0 Å². The van der Waals surface area contributed by atoms with Crippen LogP contribution in [0.15, 0.2) is 54.6 Å². The van der Waals surface area contributed by atoms with Crippen molar-refractivity contribution in [2.45, 2.75) is 31.8 Å². The molecular formula is C22H24N2O2. The van der Waals surface area contributed by atoms with E-state index < -0.39 is 0 Å². The smallest absolute Gasteiger partial charge is 0.337 e. The number of benzene rings is 2. The molecule has 1 atom stereocenters. The first-order valence-electron chi connectivity index (χ1n) is 9.23. The molecule has 1 N–H and O–H groups in total. The molecule has 1 saturated heterocycles. The monoisotopic (exact) mass is 348 g/mol. The number of hydrogen-bond donors (Lipinski definition) is 1. The SMILES string of the molecule is COC(=O)c1cccc(CN2CCCCC2c2cc3ccccc3[nH]2)c1. The van der Waals surface area contributed by atoms with Crippen LogP contribution in [0.25, 0.3) is 10.9 Å². The molecule has 4 heteroatoms. The number of esters is 1. The van der Waals surface area contributed by atoms with Crippen molar-refractivity contribution in [3.8, 4) is 0 Å². The number of nitrogens with one attached hydrogen (secondary N) is 1. The van der Waals surface area contributed by atoms with Gasteiger partial charge in [-0.05, 0) is 54.6 Å². The van der Waals surface area contributed by atoms with Crippen LogP contribution in [0.2, 0.25) is 0 Å². The summed E-state index contributed by atoms with van der Waals surface area (Å²) in [4.78, 5) is 17.9. The van der Waals surface area contributed by atoms with Crippen molar-refractivity contribution < 1.29 is 9.53 Å². The zero-order valence-electron chi connectivity index (χ0n) is 15.1. The average Bonchev–Trinajstić information content (AvgIpc) is 3.12. The highest BCUT2D eigenvalue weighted by molar-refractivity contribution is 5.89. The largest absolute Gasteiger partial charge is 0.465 e. The average molecular weight is 348 g/mol. The number of aromatic nitrogens is 1. The maximum atomic E-state index is 11.8. The summed E-state index contributed by atoms with van der Waals surface area (Å²) in [5.74, 6) is -0.280. The predicted octanol–water partition coefficient (Wildman–Crippen LogP) is 4.68. The highest BCUT2D eigenvalue weighted by atomic mass is 16.5. The van der Waals surface area contributed by atoms with Crippen molar-refractivity contribution in [3.63, 3.8) is 0 Å². The molecule has 1 aliphatic rings. The molecule has 0 saturated carbocycles. The van der Waals surface area contributed by atoms with Gasteiger partial charge in [-0.25, -0.2) is 4.79 Å². The summed E-state index contributed by atoms with van der Waals surface area (Å²) in [5, 5.41) is 1.26. The van der Waals surface area contributed by atoms with Crippen LogP contribution in [0.4, 0.5) is 0 Å². The molecule has 0 radical (unpaired) electrons. The summed E-state index contributed by atoms with van der Waals surface area (Å²) in [5.41, 5.74) is 4.25. The van der Waals surface area contributed by atoms with Crippen LogP contribution in [0.5, 0.6) is 0 Å². The zero-order valence-corrected chi connectivity index (χ0v) is 15.1. The lowest BCUT2D eigenvalue weighted by Crippen LogP contribution is -2.33. The van der Waals surface area contributed by atoms with Gasteiger partial charge in [0.2, 0.25) is 0 Å². The third kappa shape index (κ3) is 3.37. The van der Waals surface area contributed by atoms with Crippen LogP contribution < -0.4 is 0 Å². The quantitative estimate of drug-likeness (QED) is 0.696. The molecule has 4 rings (SSSR count). The summed E-state index contributed by atoms with van der Waals surface area (Å²) in [6, 6.07) is 18.9. The molecule has 0 aliphatic carbocycles. The first-order chi connectivity index (χ1) is 12.7. The number of carbonyl (C=O) groups excluding carboxylic acids is 1. The topological polar surface area (TPSA) is 45.3 Å². The van der Waals surface area contributed by atoms with Crippen molar-refractivity contribution in [2.75, 3.05) is 13.7 Å². The van der Waals surface area contributed by atoms with Gasteiger partial charge in [-0.3, -0.25) is 4.90 Å². The molecule has 1 fully saturated rings. The standard InChI is InChI=1S/C22H24N2O2/c1-26-22(25)18-9-6-7-16(13-18)15-24-12-5-4-11-21(24)20-14-17-8-2-3-10-19(17)23-20/h2-3,6-10,13-14,21,23H,4-5,11-12,15H2,1H3. The molecule has 1 aliphatic heterocycles. The van der Waals surface area contributed by atoms with E-state index in [1.807, 2.05) is 12.1 Å². The van der Waals surface area contributed by atoms with Gasteiger partial charge in [-0.1, -0.05) is 36.8 Å². The van der Waals surface area contributed by atoms with Gasteiger partial charge in [0, 0.05) is 17.8 Å². The van der Waals surface area contributed by atoms with Crippen LogP contribution >= 0.6 is 0 Å². The van der Waals surface area contributed by atoms with Crippen molar-refractivity contribution in [3.05, 3.63) is 71.4 Å². The normalized spacial score (nSPS) is 18.1. The van der Waals surface area contributed by atoms with E-state index in [4.69, 9.17) is 4.74 Å². The molecule has 0 bridgehead atoms. The van der Waals surface area contributed by atoms with Crippen molar-refractivity contribution in [1.82, 2.24) is 9.88 Å². The Labute approximate surface area is 153 Å². The number of fused-ring (bicyclic) bond motifs is 1. The van der Waals surface area contributed by atoms with Gasteiger partial charge in [0.15, 0.2) is 0 Å². The van der Waals surface area contributed by atoms with Crippen molar-refractivity contribution in [2.24, 2.45) is 0 Å². The van der Waals surface area contributed by atoms with Crippen molar-refractivity contribution in [1.29, 1.82) is 0 Å². The summed E-state index contributed by atoms with van der Waals surface area (Å²) in [6.45, 7) is 1.91. The number of carbonyl (C=O) groups is 1. The van der Waals surface area contributed by atoms with Crippen LogP contribution in [-0.2, 0) is 11.3 Å². The third-order valence-corrected chi connectivity index (χ3v) is 5.26. The molecule has 2 heterocycles. The number of nitrogens with zero attached hydrogens (tertiary/aromatic N) is 1. The van der Waals surface area contributed by atoms with E-state index in [0.29, 0.717) is 11.6 Å². The van der Waals surface area contributed by atoms with Crippen LogP contribution in [0.1, 0.15) is 46.9 Å². The Kier molecular flexibility index (Phi) is 4.76. The number of rotatable bonds is 4. The number of hydrogen-bond acceptors (Lipinski definition) is 3. The van der Waals surface area contributed by atoms with E-state index in [0.717, 1.165) is 25.1 Å². The van der Waals surface area contributed by atoms with E-state index in [1.165, 1.54) is 36.5 Å². The molecule has 1 aromatic heterocycles. The lowest BCUT2D eigenvalue weighted by Gasteiger charge is -2.35. The fourth-order valence-corrected chi connectivity index (χ4v) is 3.96. The fraction of sp³-hybridized carbons (Fsp3) is 0.318. The minimum absolute atomic E-state index is 0.280. The van der Waals surface area contributed by atoms with Crippen LogP contribution in [0.3, 0.4) is 0 Å². The third-order valence-electron chi connectivity index (χ3n) is 5.26. The van der Waals surface area contributed by atoms with Gasteiger partial charge in [-0.15, -0.1) is 0 Å². The van der Waals surface area contributed by atoms with Gasteiger partial charge >= 0.3 is 5.97 Å². The van der Waals surface area contributed by atoms with Gasteiger partial charge < -0.3 is 9.72 Å². The molecule has 3 aromatic rings. The van der Waals surface area contributed by atoms with Gasteiger partial charge in [0.1, 0.15) is 0 Å². The number of ether oxygens (including phenoxy) is 1. The number of aromatic amines is 1. The molecular weight excluding hydrogens is 324 g/mol. The number of piperidine rings is 1. The highest BCUT2D eigenvalue weighted by Crippen LogP contribution is 2.33. The number of methoxy groups -OCH3 is 1. The molecule has 4 nitrogen and oxygen atoms in total. The second kappa shape index (κ2) is 7.34. The highest BCUT2D eigenvalue weighted by Gasteiger charge is 2.25. The van der Waals surface area contributed by atoms with Crippen LogP contribution in [-0.4, -0.2) is 29.5 Å². The first kappa shape index (κ1) is 16.9. The molecule has 0 spiro atoms. The molecule has 134 valence electrons. The number of likely N-dealkylation sites (tertiary alicyclic amines) is 1.